The van der Waals surface area contributed by atoms with Gasteiger partial charge in [-0.15, -0.1) is 0 Å². The molecule has 1 aromatic carbocycles. The number of halogens is 1. The molecule has 0 radical (unpaired) electrons. The van der Waals surface area contributed by atoms with Crippen LogP contribution in [0.15, 0.2) is 36.7 Å². The second kappa shape index (κ2) is 3.57. The van der Waals surface area contributed by atoms with Crippen molar-refractivity contribution in [3.63, 3.8) is 0 Å². The quantitative estimate of drug-likeness (QED) is 0.580. The van der Waals surface area contributed by atoms with Crippen LogP contribution in [-0.2, 0) is 0 Å². The van der Waals surface area contributed by atoms with Gasteiger partial charge in [-0.05, 0) is 24.3 Å². The summed E-state index contributed by atoms with van der Waals surface area (Å²) in [4.78, 5) is 14.6. The highest BCUT2D eigenvalue weighted by Crippen LogP contribution is 2.17. The maximum atomic E-state index is 12.9. The molecule has 3 nitrogen and oxygen atoms in total. The van der Waals surface area contributed by atoms with Gasteiger partial charge in [0.1, 0.15) is 5.82 Å². The Kier molecular flexibility index (Phi) is 2.25. The number of H-pyrrole nitrogens is 1. The van der Waals surface area contributed by atoms with E-state index in [1.54, 1.807) is 18.5 Å². The van der Waals surface area contributed by atoms with E-state index in [0.29, 0.717) is 5.56 Å². The Morgan fingerprint density at radius 2 is 2.13 bits per heavy atom. The van der Waals surface area contributed by atoms with Crippen LogP contribution in [0.1, 0.15) is 15.9 Å². The maximum Gasteiger partial charge on any atom is 0.196 e. The van der Waals surface area contributed by atoms with E-state index in [0.717, 1.165) is 6.07 Å². The van der Waals surface area contributed by atoms with Gasteiger partial charge in [-0.1, -0.05) is 0 Å². The molecule has 0 fully saturated rings. The first-order valence-electron chi connectivity index (χ1n) is 4.41. The third kappa shape index (κ3) is 1.74. The Hall–Kier alpha value is -2.10. The fraction of sp³-hybridized carbons (Fsp3) is 0. The van der Waals surface area contributed by atoms with Gasteiger partial charge in [0.15, 0.2) is 5.78 Å². The summed E-state index contributed by atoms with van der Waals surface area (Å²) < 4.78 is 12.9. The van der Waals surface area contributed by atoms with Crippen molar-refractivity contribution in [1.29, 1.82) is 0 Å². The zero-order valence-electron chi connectivity index (χ0n) is 7.83. The van der Waals surface area contributed by atoms with Crippen LogP contribution in [0.2, 0.25) is 0 Å². The maximum absolute atomic E-state index is 12.9. The summed E-state index contributed by atoms with van der Waals surface area (Å²) in [6.45, 7) is 0. The first kappa shape index (κ1) is 9.45. The van der Waals surface area contributed by atoms with Gasteiger partial charge in [-0.2, -0.15) is 0 Å². The molecule has 15 heavy (non-hydrogen) atoms. The van der Waals surface area contributed by atoms with Gasteiger partial charge in [-0.25, -0.2) is 4.39 Å². The summed E-state index contributed by atoms with van der Waals surface area (Å²) in [6.07, 6.45) is 3.18. The standard InChI is InChI=1S/C11H9FN2O/c12-8-1-2-10(13)9(5-8)11(15)7-3-4-14-6-7/h1-6,14H,13H2. The zero-order valence-corrected chi connectivity index (χ0v) is 7.83. The summed E-state index contributed by atoms with van der Waals surface area (Å²) in [7, 11) is 0. The zero-order chi connectivity index (χ0) is 10.8. The SMILES string of the molecule is Nc1ccc(F)cc1C(=O)c1cc[nH]c1. The second-order valence-electron chi connectivity index (χ2n) is 3.16. The highest BCUT2D eigenvalue weighted by molar-refractivity contribution is 6.11. The first-order valence-corrected chi connectivity index (χ1v) is 4.41. The number of benzene rings is 1. The van der Waals surface area contributed by atoms with E-state index < -0.39 is 5.82 Å². The van der Waals surface area contributed by atoms with Gasteiger partial charge < -0.3 is 10.7 Å². The van der Waals surface area contributed by atoms with Crippen molar-refractivity contribution in [3.05, 3.63) is 53.6 Å². The number of rotatable bonds is 2. The van der Waals surface area contributed by atoms with E-state index in [1.807, 2.05) is 0 Å². The monoisotopic (exact) mass is 204 g/mol. The van der Waals surface area contributed by atoms with Gasteiger partial charge in [0.25, 0.3) is 0 Å². The fourth-order valence-corrected chi connectivity index (χ4v) is 1.35. The molecule has 0 aliphatic carbocycles. The van der Waals surface area contributed by atoms with Crippen molar-refractivity contribution in [2.24, 2.45) is 0 Å². The molecule has 0 aliphatic rings. The van der Waals surface area contributed by atoms with Crippen molar-refractivity contribution in [1.82, 2.24) is 4.98 Å². The third-order valence-corrected chi connectivity index (χ3v) is 2.12. The summed E-state index contributed by atoms with van der Waals surface area (Å²) in [5.41, 5.74) is 6.53. The Balaban J connectivity index is 2.46. The first-order chi connectivity index (χ1) is 7.18. The highest BCUT2D eigenvalue weighted by Gasteiger charge is 2.13. The van der Waals surface area contributed by atoms with Crippen LogP contribution in [0, 0.1) is 5.82 Å². The van der Waals surface area contributed by atoms with E-state index in [1.165, 1.54) is 12.1 Å². The molecule has 0 spiro atoms. The van der Waals surface area contributed by atoms with E-state index in [9.17, 15) is 9.18 Å². The summed E-state index contributed by atoms with van der Waals surface area (Å²) in [5, 5.41) is 0. The van der Waals surface area contributed by atoms with Crippen LogP contribution in [0.25, 0.3) is 0 Å². The average molecular weight is 204 g/mol. The van der Waals surface area contributed by atoms with Crippen LogP contribution in [-0.4, -0.2) is 10.8 Å². The molecule has 0 saturated carbocycles. The molecule has 1 aromatic heterocycles. The van der Waals surface area contributed by atoms with Crippen molar-refractivity contribution in [2.75, 3.05) is 5.73 Å². The molecule has 0 atom stereocenters. The fourth-order valence-electron chi connectivity index (χ4n) is 1.35. The molecule has 0 saturated heterocycles. The Labute approximate surface area is 85.7 Å². The normalized spacial score (nSPS) is 10.2. The molecule has 2 aromatic rings. The largest absolute Gasteiger partial charge is 0.398 e. The topological polar surface area (TPSA) is 58.9 Å². The predicted octanol–water partition coefficient (Wildman–Crippen LogP) is 1.97. The van der Waals surface area contributed by atoms with E-state index in [4.69, 9.17) is 5.73 Å². The number of ketones is 1. The summed E-state index contributed by atoms with van der Waals surface area (Å²) in [5.74, 6) is -0.753. The smallest absolute Gasteiger partial charge is 0.196 e. The van der Waals surface area contributed by atoms with Gasteiger partial charge in [0.2, 0.25) is 0 Å². The Morgan fingerprint density at radius 3 is 2.80 bits per heavy atom. The van der Waals surface area contributed by atoms with E-state index >= 15 is 0 Å². The number of carbonyl (C=O) groups is 1. The van der Waals surface area contributed by atoms with E-state index in [2.05, 4.69) is 4.98 Å². The lowest BCUT2D eigenvalue weighted by Gasteiger charge is -2.02. The molecule has 2 rings (SSSR count). The van der Waals surface area contributed by atoms with Crippen LogP contribution in [0.3, 0.4) is 0 Å². The predicted molar refractivity (Wildman–Crippen MR) is 55.0 cm³/mol. The van der Waals surface area contributed by atoms with Crippen molar-refractivity contribution < 1.29 is 9.18 Å². The van der Waals surface area contributed by atoms with Crippen LogP contribution in [0.4, 0.5) is 10.1 Å². The number of nitrogens with two attached hydrogens (primary N) is 1. The van der Waals surface area contributed by atoms with E-state index in [-0.39, 0.29) is 17.0 Å². The number of aromatic nitrogens is 1. The minimum Gasteiger partial charge on any atom is -0.398 e. The Bertz CT molecular complexity index is 491. The lowest BCUT2D eigenvalue weighted by atomic mass is 10.0. The molecule has 4 heteroatoms. The van der Waals surface area contributed by atoms with Crippen molar-refractivity contribution in [2.45, 2.75) is 0 Å². The van der Waals surface area contributed by atoms with Gasteiger partial charge in [-0.3, -0.25) is 4.79 Å². The summed E-state index contributed by atoms with van der Waals surface area (Å²) >= 11 is 0. The molecular weight excluding hydrogens is 195 g/mol. The van der Waals surface area contributed by atoms with Gasteiger partial charge >= 0.3 is 0 Å². The van der Waals surface area contributed by atoms with Crippen molar-refractivity contribution in [3.8, 4) is 0 Å². The number of carbonyl (C=O) groups excluding carboxylic acids is 1. The van der Waals surface area contributed by atoms with Gasteiger partial charge in [0, 0.05) is 29.2 Å². The minimum atomic E-state index is -0.469. The molecule has 0 amide bonds. The second-order valence-corrected chi connectivity index (χ2v) is 3.16. The molecular formula is C11H9FN2O. The molecule has 0 unspecified atom stereocenters. The number of hydrogen-bond acceptors (Lipinski definition) is 2. The lowest BCUT2D eigenvalue weighted by molar-refractivity contribution is 0.103. The summed E-state index contributed by atoms with van der Waals surface area (Å²) in [6, 6.07) is 5.37. The average Bonchev–Trinajstić information content (AvgIpc) is 2.74. The molecule has 3 N–H and O–H groups in total. The highest BCUT2D eigenvalue weighted by atomic mass is 19.1. The molecule has 0 bridgehead atoms. The van der Waals surface area contributed by atoms with Crippen LogP contribution >= 0.6 is 0 Å². The lowest BCUT2D eigenvalue weighted by Crippen LogP contribution is -2.04. The van der Waals surface area contributed by atoms with Crippen LogP contribution < -0.4 is 5.73 Å². The number of nitrogens with one attached hydrogen (secondary N) is 1. The number of aromatic amines is 1. The van der Waals surface area contributed by atoms with Crippen LogP contribution in [0.5, 0.6) is 0 Å². The number of hydrogen-bond donors (Lipinski definition) is 2. The number of anilines is 1. The Morgan fingerprint density at radius 1 is 1.33 bits per heavy atom. The van der Waals surface area contributed by atoms with Gasteiger partial charge in [0.05, 0.1) is 0 Å². The molecule has 0 aliphatic heterocycles. The number of nitrogen functional groups attached to an aromatic ring is 1. The third-order valence-electron chi connectivity index (χ3n) is 2.12. The molecule has 1 heterocycles. The minimum absolute atomic E-state index is 0.189. The van der Waals surface area contributed by atoms with Crippen molar-refractivity contribution >= 4 is 11.5 Å². The molecule has 76 valence electrons.